The Morgan fingerprint density at radius 1 is 1.50 bits per heavy atom. The number of aldehydes is 1. The van der Waals surface area contributed by atoms with Gasteiger partial charge in [-0.3, -0.25) is 14.9 Å². The van der Waals surface area contributed by atoms with Gasteiger partial charge in [-0.05, 0) is 13.8 Å². The lowest BCUT2D eigenvalue weighted by atomic mass is 10.2. The van der Waals surface area contributed by atoms with Gasteiger partial charge in [0, 0.05) is 12.1 Å². The van der Waals surface area contributed by atoms with E-state index in [0.29, 0.717) is 6.29 Å². The quantitative estimate of drug-likeness (QED) is 0.480. The molecule has 0 bridgehead atoms. The molecule has 16 heavy (non-hydrogen) atoms. The summed E-state index contributed by atoms with van der Waals surface area (Å²) < 4.78 is 5.17. The van der Waals surface area contributed by atoms with Crippen LogP contribution in [-0.4, -0.2) is 22.4 Å². The lowest BCUT2D eigenvalue weighted by Gasteiger charge is -2.10. The van der Waals surface area contributed by atoms with Crippen LogP contribution in [0.5, 0.6) is 11.5 Å². The minimum atomic E-state index is -0.663. The van der Waals surface area contributed by atoms with Crippen molar-refractivity contribution in [1.29, 1.82) is 0 Å². The molecule has 1 aromatic rings. The average molecular weight is 225 g/mol. The molecule has 6 heteroatoms. The molecule has 0 radical (unpaired) electrons. The van der Waals surface area contributed by atoms with Crippen molar-refractivity contribution >= 4 is 12.0 Å². The van der Waals surface area contributed by atoms with E-state index in [9.17, 15) is 20.0 Å². The van der Waals surface area contributed by atoms with Crippen LogP contribution in [0.2, 0.25) is 0 Å². The molecule has 6 nitrogen and oxygen atoms in total. The van der Waals surface area contributed by atoms with Gasteiger partial charge in [0.1, 0.15) is 5.75 Å². The highest BCUT2D eigenvalue weighted by Gasteiger charge is 2.19. The highest BCUT2D eigenvalue weighted by Crippen LogP contribution is 2.33. The van der Waals surface area contributed by atoms with E-state index in [4.69, 9.17) is 4.74 Å². The highest BCUT2D eigenvalue weighted by molar-refractivity contribution is 5.81. The second kappa shape index (κ2) is 4.61. The predicted molar refractivity (Wildman–Crippen MR) is 55.9 cm³/mol. The summed E-state index contributed by atoms with van der Waals surface area (Å²) in [5, 5.41) is 20.1. The van der Waals surface area contributed by atoms with Crippen molar-refractivity contribution in [3.63, 3.8) is 0 Å². The van der Waals surface area contributed by atoms with Crippen LogP contribution in [0.3, 0.4) is 0 Å². The molecule has 1 aromatic carbocycles. The molecule has 0 heterocycles. The van der Waals surface area contributed by atoms with Crippen molar-refractivity contribution in [2.75, 3.05) is 0 Å². The van der Waals surface area contributed by atoms with Crippen LogP contribution in [0.1, 0.15) is 24.2 Å². The van der Waals surface area contributed by atoms with Gasteiger partial charge in [0.15, 0.2) is 6.29 Å². The third-order valence-electron chi connectivity index (χ3n) is 1.79. The Morgan fingerprint density at radius 2 is 2.12 bits per heavy atom. The summed E-state index contributed by atoms with van der Waals surface area (Å²) in [5.74, 6) is -0.389. The highest BCUT2D eigenvalue weighted by atomic mass is 16.6. The van der Waals surface area contributed by atoms with Gasteiger partial charge >= 0.3 is 5.69 Å². The van der Waals surface area contributed by atoms with Crippen LogP contribution in [0.25, 0.3) is 0 Å². The minimum absolute atomic E-state index is 0.0527. The molecule has 0 unspecified atom stereocenters. The fourth-order valence-electron chi connectivity index (χ4n) is 1.16. The van der Waals surface area contributed by atoms with Gasteiger partial charge in [0.05, 0.1) is 16.6 Å². The molecule has 0 spiro atoms. The number of phenolic OH excluding ortho intramolecular Hbond substituents is 1. The van der Waals surface area contributed by atoms with Crippen molar-refractivity contribution in [2.45, 2.75) is 20.0 Å². The van der Waals surface area contributed by atoms with E-state index in [1.165, 1.54) is 0 Å². The monoisotopic (exact) mass is 225 g/mol. The Labute approximate surface area is 91.6 Å². The van der Waals surface area contributed by atoms with Crippen molar-refractivity contribution in [1.82, 2.24) is 0 Å². The number of carbonyl (C=O) groups is 1. The van der Waals surface area contributed by atoms with E-state index in [2.05, 4.69) is 0 Å². The largest absolute Gasteiger partial charge is 0.507 e. The van der Waals surface area contributed by atoms with E-state index >= 15 is 0 Å². The Morgan fingerprint density at radius 3 is 2.56 bits per heavy atom. The summed E-state index contributed by atoms with van der Waals surface area (Å²) in [7, 11) is 0. The third kappa shape index (κ3) is 2.47. The van der Waals surface area contributed by atoms with Gasteiger partial charge in [0.25, 0.3) is 0 Å². The number of aromatic hydroxyl groups is 1. The van der Waals surface area contributed by atoms with Crippen LogP contribution in [0, 0.1) is 10.1 Å². The number of rotatable bonds is 4. The Balaban J connectivity index is 3.30. The first-order chi connectivity index (χ1) is 7.45. The van der Waals surface area contributed by atoms with E-state index in [1.807, 2.05) is 0 Å². The Bertz CT molecular complexity index is 427. The molecule has 86 valence electrons. The van der Waals surface area contributed by atoms with Gasteiger partial charge in [-0.25, -0.2) is 0 Å². The summed E-state index contributed by atoms with van der Waals surface area (Å²) in [5.41, 5.74) is -0.476. The van der Waals surface area contributed by atoms with Crippen molar-refractivity contribution in [2.24, 2.45) is 0 Å². The minimum Gasteiger partial charge on any atom is -0.507 e. The molecule has 0 aliphatic heterocycles. The zero-order valence-corrected chi connectivity index (χ0v) is 8.84. The van der Waals surface area contributed by atoms with Crippen molar-refractivity contribution in [3.8, 4) is 11.5 Å². The fraction of sp³-hybridized carbons (Fsp3) is 0.300. The van der Waals surface area contributed by atoms with Gasteiger partial charge in [-0.2, -0.15) is 0 Å². The van der Waals surface area contributed by atoms with E-state index in [1.54, 1.807) is 13.8 Å². The number of ether oxygens (including phenoxy) is 1. The lowest BCUT2D eigenvalue weighted by Crippen LogP contribution is -2.07. The summed E-state index contributed by atoms with van der Waals surface area (Å²) >= 11 is 0. The summed E-state index contributed by atoms with van der Waals surface area (Å²) in [6.45, 7) is 3.41. The molecule has 0 aliphatic rings. The zero-order valence-electron chi connectivity index (χ0n) is 8.84. The van der Waals surface area contributed by atoms with Crippen LogP contribution >= 0.6 is 0 Å². The number of nitrogens with zero attached hydrogens (tertiary/aromatic N) is 1. The smallest absolute Gasteiger partial charge is 0.311 e. The van der Waals surface area contributed by atoms with Crippen LogP contribution in [0.15, 0.2) is 12.1 Å². The third-order valence-corrected chi connectivity index (χ3v) is 1.79. The SMILES string of the molecule is CC(C)Oc1cc(O)c(C=O)cc1[N+](=O)[O-]. The average Bonchev–Trinajstić information content (AvgIpc) is 2.16. The first-order valence-electron chi connectivity index (χ1n) is 4.59. The molecule has 0 atom stereocenters. The molecule has 0 amide bonds. The second-order valence-electron chi connectivity index (χ2n) is 3.42. The van der Waals surface area contributed by atoms with Crippen LogP contribution in [0.4, 0.5) is 5.69 Å². The molecule has 0 aromatic heterocycles. The standard InChI is InChI=1S/C10H11NO5/c1-6(2)16-10-4-9(13)7(5-12)3-8(10)11(14)15/h3-6,13H,1-2H3. The molecule has 1 N–H and O–H groups in total. The van der Waals surface area contributed by atoms with E-state index in [0.717, 1.165) is 12.1 Å². The lowest BCUT2D eigenvalue weighted by molar-refractivity contribution is -0.386. The van der Waals surface area contributed by atoms with Gasteiger partial charge in [-0.15, -0.1) is 0 Å². The molecule has 1 rings (SSSR count). The van der Waals surface area contributed by atoms with E-state index < -0.39 is 4.92 Å². The van der Waals surface area contributed by atoms with Gasteiger partial charge in [-0.1, -0.05) is 0 Å². The number of nitro benzene ring substituents is 1. The normalized spacial score (nSPS) is 10.2. The summed E-state index contributed by atoms with van der Waals surface area (Å²) in [6.07, 6.45) is 0.0850. The number of phenols is 1. The summed E-state index contributed by atoms with van der Waals surface area (Å²) in [4.78, 5) is 20.6. The van der Waals surface area contributed by atoms with Gasteiger partial charge in [0.2, 0.25) is 5.75 Å². The van der Waals surface area contributed by atoms with Gasteiger partial charge < -0.3 is 9.84 Å². The maximum absolute atomic E-state index is 10.7. The van der Waals surface area contributed by atoms with Crippen molar-refractivity contribution < 1.29 is 19.6 Å². The van der Waals surface area contributed by atoms with Crippen LogP contribution < -0.4 is 4.74 Å². The summed E-state index contributed by atoms with van der Waals surface area (Å²) in [6, 6.07) is 2.06. The molecule has 0 saturated heterocycles. The molecule has 0 fully saturated rings. The fourth-order valence-corrected chi connectivity index (χ4v) is 1.16. The number of benzene rings is 1. The van der Waals surface area contributed by atoms with Crippen LogP contribution in [-0.2, 0) is 0 Å². The number of nitro groups is 1. The first-order valence-corrected chi connectivity index (χ1v) is 4.59. The number of hydrogen-bond donors (Lipinski definition) is 1. The predicted octanol–water partition coefficient (Wildman–Crippen LogP) is 1.90. The zero-order chi connectivity index (χ0) is 12.3. The number of carbonyl (C=O) groups excluding carboxylic acids is 1. The molecular formula is C10H11NO5. The Hall–Kier alpha value is -2.11. The van der Waals surface area contributed by atoms with E-state index in [-0.39, 0.29) is 28.9 Å². The van der Waals surface area contributed by atoms with Crippen molar-refractivity contribution in [3.05, 3.63) is 27.8 Å². The maximum atomic E-state index is 10.7. The maximum Gasteiger partial charge on any atom is 0.311 e. The number of hydrogen-bond acceptors (Lipinski definition) is 5. The molecule has 0 saturated carbocycles. The molecular weight excluding hydrogens is 214 g/mol. The molecule has 0 aliphatic carbocycles. The first kappa shape index (κ1) is 12.0. The topological polar surface area (TPSA) is 89.7 Å². The Kier molecular flexibility index (Phi) is 3.44. The second-order valence-corrected chi connectivity index (χ2v) is 3.42.